The minimum Gasteiger partial charge on any atom is -0.464 e. The lowest BCUT2D eigenvalue weighted by molar-refractivity contribution is -0.386. The van der Waals surface area contributed by atoms with Crippen molar-refractivity contribution in [3.63, 3.8) is 0 Å². The topological polar surface area (TPSA) is 155 Å². The second-order valence-electron chi connectivity index (χ2n) is 12.6. The van der Waals surface area contributed by atoms with E-state index in [9.17, 15) is 216 Å². The molecule has 0 saturated carbocycles. The molecule has 2 saturated heterocycles. The van der Waals surface area contributed by atoms with Gasteiger partial charge in [-0.3, -0.25) is 9.27 Å². The molecule has 0 aromatic heterocycles. The van der Waals surface area contributed by atoms with Crippen LogP contribution >= 0.6 is 91.5 Å². The summed E-state index contributed by atoms with van der Waals surface area (Å²) < 4.78 is 539. The van der Waals surface area contributed by atoms with Crippen molar-refractivity contribution in [3.8, 4) is 0 Å². The standard InChI is InChI=1S/C7H3F9O3.C4F8I2.2C4F6O2.C3HF5.C2F4.2C2H3F3.C2H4F2O.2CH4O.CH4.FH.I2.HOP.2H2/c1-18-4(17)5(11,12)6(13,14)7(15,16)19-3(10)2(8)9;5-1(6,3(9,10)13)2(7,8)4(11,12)14;2*5-2(6)1(11)12-4(9,10)3(2,7)8;4-2(5)1-3(6,7)8;3-1(4)2(5)6;2*1-2(3,4)5;1-5-2(3)4;2*1-2;;;2*1-2;;/h1H3;;;;1H;;2*1H3;2H,1H3;2*2H,1H3;1H4;1H;;2H;2*1H/i;;;;;;;;;;;;;;;2*1+1. The third-order valence-corrected chi connectivity index (χ3v) is 7.10. The molecule has 2 heterocycles. The summed E-state index contributed by atoms with van der Waals surface area (Å²) in [4.78, 5) is 29.8. The largest absolute Gasteiger partial charge is 0.473 e. The van der Waals surface area contributed by atoms with E-state index < -0.39 is 153 Å². The van der Waals surface area contributed by atoms with E-state index in [-0.39, 0.29) is 81.1 Å². The average molecular weight is 2040 g/mol. The number of halogens is 51. The smallest absolute Gasteiger partial charge is 0.464 e. The number of hydrogen-bond acceptors (Lipinski definition) is 11. The number of esters is 3. The highest BCUT2D eigenvalue weighted by Gasteiger charge is 2.86. The number of allylic oxidation sites excluding steroid dienone is 1. The van der Waals surface area contributed by atoms with Gasteiger partial charge in [-0.25, -0.2) is 14.4 Å². The molecule has 0 aromatic rings. The van der Waals surface area contributed by atoms with E-state index >= 15 is 0 Å². The molecule has 96 heavy (non-hydrogen) atoms. The molecule has 0 aliphatic carbocycles. The van der Waals surface area contributed by atoms with E-state index in [2.05, 4.69) is 60.9 Å². The van der Waals surface area contributed by atoms with Crippen LogP contribution < -0.4 is 0 Å². The number of hydrogen-bond donors (Lipinski definition) is 2. The second-order valence-corrected chi connectivity index (χ2v) is 15.3. The van der Waals surface area contributed by atoms with E-state index in [1.165, 1.54) is 0 Å². The molecule has 0 atom stereocenters. The molecule has 2 rings (SSSR count). The van der Waals surface area contributed by atoms with Crippen LogP contribution in [0.15, 0.2) is 36.4 Å². The molecule has 592 valence electrons. The molecule has 0 radical (unpaired) electrons. The minimum absolute atomic E-state index is 0. The van der Waals surface area contributed by atoms with Crippen LogP contribution in [-0.4, -0.2) is 155 Å². The Morgan fingerprint density at radius 2 is 0.719 bits per heavy atom. The highest BCUT2D eigenvalue weighted by atomic mass is 128. The highest BCUT2D eigenvalue weighted by molar-refractivity contribution is 15.0. The van der Waals surface area contributed by atoms with Crippen molar-refractivity contribution in [1.82, 2.24) is 0 Å². The lowest BCUT2D eigenvalue weighted by atomic mass is 10.1. The number of methoxy groups -OCH3 is 2. The Labute approximate surface area is 554 Å². The zero-order valence-corrected chi connectivity index (χ0v) is 53.2. The zero-order valence-electron chi connectivity index (χ0n) is 43.5. The van der Waals surface area contributed by atoms with E-state index in [1.807, 2.05) is 0 Å². The van der Waals surface area contributed by atoms with Crippen molar-refractivity contribution in [3.05, 3.63) is 36.4 Å². The average Bonchev–Trinajstić information content (AvgIpc) is 3.54. The number of ether oxygens (including phenoxy) is 5. The van der Waals surface area contributed by atoms with Gasteiger partial charge in [0.25, 0.3) is 6.08 Å². The Morgan fingerprint density at radius 3 is 0.802 bits per heavy atom. The van der Waals surface area contributed by atoms with Gasteiger partial charge in [-0.05, 0) is 0 Å². The first-order valence-corrected chi connectivity index (χ1v) is 27.4. The number of carbonyl (C=O) groups excluding carboxylic acids is 3. The zero-order chi connectivity index (χ0) is 80.4. The number of carbonyl (C=O) groups is 3. The molecule has 2 N–H and O–H groups in total. The summed E-state index contributed by atoms with van der Waals surface area (Å²) in [7, 11) is 4.84. The molecular formula is C33H32F47I4O11P. The summed E-state index contributed by atoms with van der Waals surface area (Å²) in [6, 6.07) is -3.50. The summed E-state index contributed by atoms with van der Waals surface area (Å²) >= 11 is 3.61. The van der Waals surface area contributed by atoms with E-state index in [1.54, 1.807) is 9.12 Å². The first kappa shape index (κ1) is 123. The Bertz CT molecular complexity index is 2140. The maximum Gasteiger partial charge on any atom is 0.473 e. The summed E-state index contributed by atoms with van der Waals surface area (Å²) in [5.41, 5.74) is 0. The van der Waals surface area contributed by atoms with Crippen LogP contribution in [0.25, 0.3) is 0 Å². The molecule has 0 spiro atoms. The summed E-state index contributed by atoms with van der Waals surface area (Å²) in [6.45, 7) is -2.24. The predicted molar refractivity (Wildman–Crippen MR) is 259 cm³/mol. The fourth-order valence-electron chi connectivity index (χ4n) is 2.25. The van der Waals surface area contributed by atoms with Crippen LogP contribution in [0.3, 0.4) is 0 Å². The molecule has 0 aromatic carbocycles. The Morgan fingerprint density at radius 1 is 0.510 bits per heavy atom. The number of cyclic esters (lactones) is 2. The molecule has 2 fully saturated rings. The van der Waals surface area contributed by atoms with Gasteiger partial charge in [0.15, 0.2) is 0 Å². The fraction of sp³-hybridized carbons (Fsp3) is 0.727. The van der Waals surface area contributed by atoms with Crippen molar-refractivity contribution < 1.29 is 262 Å². The quantitative estimate of drug-likeness (QED) is 0.0431. The van der Waals surface area contributed by atoms with Crippen molar-refractivity contribution >= 4 is 109 Å². The van der Waals surface area contributed by atoms with Crippen molar-refractivity contribution in [1.29, 1.82) is 0 Å². The molecule has 0 bridgehead atoms. The van der Waals surface area contributed by atoms with Gasteiger partial charge in [0.05, 0.1) is 13.2 Å². The van der Waals surface area contributed by atoms with Crippen molar-refractivity contribution in [2.45, 2.75) is 120 Å². The van der Waals surface area contributed by atoms with Gasteiger partial charge in [-0.1, -0.05) is 7.43 Å². The minimum atomic E-state index is -6.64. The Hall–Kier alpha value is -2.96. The number of alkyl halides is 39. The molecule has 11 nitrogen and oxygen atoms in total. The van der Waals surface area contributed by atoms with Gasteiger partial charge in [-0.15, -0.1) is 0 Å². The van der Waals surface area contributed by atoms with Gasteiger partial charge < -0.3 is 33.9 Å². The number of aliphatic hydroxyl groups is 2. The lowest BCUT2D eigenvalue weighted by Gasteiger charge is -2.31. The van der Waals surface area contributed by atoms with Crippen LogP contribution in [-0.2, 0) is 42.6 Å². The van der Waals surface area contributed by atoms with Gasteiger partial charge in [0.2, 0.25) is 0 Å². The van der Waals surface area contributed by atoms with Crippen molar-refractivity contribution in [2.75, 3.05) is 28.4 Å². The van der Waals surface area contributed by atoms with E-state index in [0.29, 0.717) is 0 Å². The van der Waals surface area contributed by atoms with Crippen LogP contribution in [0.5, 0.6) is 0 Å². The summed E-state index contributed by atoms with van der Waals surface area (Å²) in [6.07, 6.45) is -43.4. The van der Waals surface area contributed by atoms with Crippen molar-refractivity contribution in [2.24, 2.45) is 0 Å². The fourth-order valence-corrected chi connectivity index (χ4v) is 2.92. The SMILES string of the molecule is C.CC(F)(F)F.CC(F)(F)F.CO.CO.COC(=O)C(F)(F)C(F)(F)C(F)(F)OC(F)=C(F)F.COC(F)F.F.FC(F)(I)C(F)(F)C(F)(F)C(F)(F)I.FC(F)=C(F)F.FC(F)=CC(F)(F)F.II.O=C1OC(F)(F)C(F)(F)C1(F)F.O=C1OC(F)(F)C(F)(F)C1(F)F.O=P.[2HH].[2HH]. The molecule has 2 aliphatic rings. The summed E-state index contributed by atoms with van der Waals surface area (Å²) in [5, 5.41) is 14.0. The van der Waals surface area contributed by atoms with E-state index in [4.69, 9.17) is 14.8 Å². The van der Waals surface area contributed by atoms with Crippen LogP contribution in [0, 0.1) is 0 Å². The maximum atomic E-state index is 12.7. The normalized spacial score (nSPS) is 15.8. The molecule has 0 amide bonds. The van der Waals surface area contributed by atoms with Crippen LogP contribution in [0.2, 0.25) is 0 Å². The number of aliphatic hydroxyl groups excluding tert-OH is 2. The third-order valence-electron chi connectivity index (χ3n) is 5.74. The number of rotatable bonds is 9. The van der Waals surface area contributed by atoms with Gasteiger partial charge in [0.1, 0.15) is 9.12 Å². The lowest BCUT2D eigenvalue weighted by Crippen LogP contribution is -2.59. The van der Waals surface area contributed by atoms with Gasteiger partial charge in [-0.2, -0.15) is 202 Å². The Balaban J connectivity index is -0.0000000616. The Kier molecular flexibility index (Phi) is 61.5. The first-order valence-electron chi connectivity index (χ1n) is 18.5. The summed E-state index contributed by atoms with van der Waals surface area (Å²) in [5.74, 6) is -56.4. The first-order chi connectivity index (χ1) is 40.6. The molecule has 0 unspecified atom stereocenters. The predicted octanol–water partition coefficient (Wildman–Crippen LogP) is 21.3. The second kappa shape index (κ2) is 48.0. The van der Waals surface area contributed by atoms with Crippen LogP contribution in [0.4, 0.5) is 207 Å². The van der Waals surface area contributed by atoms with Crippen LogP contribution in [0.1, 0.15) is 24.1 Å². The highest BCUT2D eigenvalue weighted by Crippen LogP contribution is 2.57. The van der Waals surface area contributed by atoms with Gasteiger partial charge in [0, 0.05) is 120 Å². The monoisotopic (exact) mass is 2040 g/mol. The maximum absolute atomic E-state index is 12.7. The molecule has 63 heteroatoms. The molecular weight excluding hydrogens is 2000 g/mol. The van der Waals surface area contributed by atoms with Gasteiger partial charge >= 0.3 is 141 Å². The van der Waals surface area contributed by atoms with E-state index in [0.717, 1.165) is 21.3 Å². The third kappa shape index (κ3) is 45.0. The molecule has 2 aliphatic heterocycles.